The van der Waals surface area contributed by atoms with Gasteiger partial charge in [0.1, 0.15) is 12.4 Å². The fraction of sp³-hybridized carbons (Fsp3) is 0.385. The first kappa shape index (κ1) is 23.2. The Balaban J connectivity index is 1.22. The Kier molecular flexibility index (Phi) is 7.88. The lowest BCUT2D eigenvalue weighted by molar-refractivity contribution is -0.144. The number of hydrogen-bond acceptors (Lipinski definition) is 7. The van der Waals surface area contributed by atoms with Gasteiger partial charge in [0.15, 0.2) is 0 Å². The number of piperidine rings is 1. The van der Waals surface area contributed by atoms with E-state index in [1.165, 1.54) is 0 Å². The second-order valence-corrected chi connectivity index (χ2v) is 8.40. The van der Waals surface area contributed by atoms with Gasteiger partial charge in [0.25, 0.3) is 0 Å². The van der Waals surface area contributed by atoms with E-state index in [0.717, 1.165) is 53.7 Å². The molecule has 7 heteroatoms. The Bertz CT molecular complexity index is 1050. The van der Waals surface area contributed by atoms with E-state index in [9.17, 15) is 9.90 Å². The topological polar surface area (TPSA) is 83.9 Å². The molecule has 4 rings (SSSR count). The molecule has 2 heterocycles. The summed E-state index contributed by atoms with van der Waals surface area (Å²) in [6.45, 7) is 2.79. The van der Waals surface area contributed by atoms with Gasteiger partial charge in [-0.15, -0.1) is 0 Å². The van der Waals surface area contributed by atoms with E-state index >= 15 is 0 Å². The van der Waals surface area contributed by atoms with E-state index in [0.29, 0.717) is 13.2 Å². The summed E-state index contributed by atoms with van der Waals surface area (Å²) in [5, 5.41) is 15.2. The molecule has 2 N–H and O–H groups in total. The molecule has 33 heavy (non-hydrogen) atoms. The molecule has 0 radical (unpaired) electrons. The number of carbonyl (C=O) groups is 1. The summed E-state index contributed by atoms with van der Waals surface area (Å²) in [6.07, 6.45) is 2.97. The van der Waals surface area contributed by atoms with E-state index < -0.39 is 6.10 Å². The molecule has 7 nitrogen and oxygen atoms in total. The quantitative estimate of drug-likeness (QED) is 0.486. The molecule has 0 unspecified atom stereocenters. The summed E-state index contributed by atoms with van der Waals surface area (Å²) in [5.41, 5.74) is 2.69. The van der Waals surface area contributed by atoms with E-state index in [1.807, 2.05) is 54.6 Å². The fourth-order valence-corrected chi connectivity index (χ4v) is 4.24. The van der Waals surface area contributed by atoms with Crippen molar-refractivity contribution < 1.29 is 19.4 Å². The van der Waals surface area contributed by atoms with Crippen LogP contribution < -0.4 is 10.1 Å². The van der Waals surface area contributed by atoms with Gasteiger partial charge in [0, 0.05) is 24.2 Å². The molecule has 1 aromatic heterocycles. The van der Waals surface area contributed by atoms with Crippen LogP contribution in [-0.2, 0) is 16.1 Å². The highest BCUT2D eigenvalue weighted by atomic mass is 16.5. The van der Waals surface area contributed by atoms with Crippen LogP contribution in [0.3, 0.4) is 0 Å². The van der Waals surface area contributed by atoms with Crippen LogP contribution in [-0.4, -0.2) is 60.3 Å². The van der Waals surface area contributed by atoms with Gasteiger partial charge in [0.05, 0.1) is 25.3 Å². The maximum atomic E-state index is 12.0. The molecule has 2 aromatic carbocycles. The van der Waals surface area contributed by atoms with Crippen LogP contribution in [0, 0.1) is 0 Å². The van der Waals surface area contributed by atoms with Crippen molar-refractivity contribution in [3.63, 3.8) is 0 Å². The molecular formula is C26H31N3O4. The normalized spacial score (nSPS) is 15.9. The van der Waals surface area contributed by atoms with Crippen molar-refractivity contribution in [1.29, 1.82) is 0 Å². The fourth-order valence-electron chi connectivity index (χ4n) is 4.24. The molecule has 1 atom stereocenters. The number of nitrogens with one attached hydrogen (secondary N) is 1. The molecule has 1 aliphatic heterocycles. The third-order valence-corrected chi connectivity index (χ3v) is 6.14. The van der Waals surface area contributed by atoms with Crippen molar-refractivity contribution in [2.75, 3.05) is 33.3 Å². The highest BCUT2D eigenvalue weighted by Gasteiger charge is 2.23. The van der Waals surface area contributed by atoms with Crippen molar-refractivity contribution in [3.8, 4) is 5.75 Å². The second-order valence-electron chi connectivity index (χ2n) is 8.40. The lowest BCUT2D eigenvalue weighted by atomic mass is 10.0. The van der Waals surface area contributed by atoms with Crippen LogP contribution in [0.2, 0.25) is 0 Å². The van der Waals surface area contributed by atoms with Gasteiger partial charge in [-0.2, -0.15) is 0 Å². The number of β-amino-alcohol motifs (C(OH)–C–C–N with tert-alkyl or cyclic N) is 1. The van der Waals surface area contributed by atoms with Crippen molar-refractivity contribution >= 4 is 16.9 Å². The summed E-state index contributed by atoms with van der Waals surface area (Å²) < 4.78 is 10.7. The third kappa shape index (κ3) is 6.28. The number of benzene rings is 2. The molecule has 0 aliphatic carbocycles. The minimum Gasteiger partial charge on any atom is -0.497 e. The number of aliphatic hydroxyl groups excluding tert-OH is 1. The Morgan fingerprint density at radius 1 is 1.18 bits per heavy atom. The van der Waals surface area contributed by atoms with Gasteiger partial charge in [0.2, 0.25) is 0 Å². The molecule has 174 valence electrons. The lowest BCUT2D eigenvalue weighted by Gasteiger charge is -2.33. The standard InChI is InChI=1S/C26H31N3O4/c1-32-21-7-8-24-23(15-21)22(9-12-27-24)25(30)17-29-13-10-20(11-14-29)28-16-26(31)33-18-19-5-3-2-4-6-19/h2-9,12,15,20,25,28,30H,10-11,13-14,16-18H2,1H3/t25-/m1/s1. The maximum Gasteiger partial charge on any atom is 0.320 e. The SMILES string of the molecule is COc1ccc2nccc([C@H](O)CN3CCC(NCC(=O)OCc4ccccc4)CC3)c2c1. The van der Waals surface area contributed by atoms with Gasteiger partial charge in [-0.25, -0.2) is 0 Å². The Morgan fingerprint density at radius 2 is 1.97 bits per heavy atom. The summed E-state index contributed by atoms with van der Waals surface area (Å²) in [4.78, 5) is 18.7. The van der Waals surface area contributed by atoms with Crippen molar-refractivity contribution in [2.45, 2.75) is 31.6 Å². The van der Waals surface area contributed by atoms with Crippen molar-refractivity contribution in [1.82, 2.24) is 15.2 Å². The minimum absolute atomic E-state index is 0.213. The van der Waals surface area contributed by atoms with Crippen LogP contribution in [0.25, 0.3) is 10.9 Å². The Morgan fingerprint density at radius 3 is 2.73 bits per heavy atom. The van der Waals surface area contributed by atoms with Crippen LogP contribution in [0.1, 0.15) is 30.1 Å². The van der Waals surface area contributed by atoms with E-state index in [4.69, 9.17) is 9.47 Å². The van der Waals surface area contributed by atoms with Gasteiger partial charge < -0.3 is 24.8 Å². The molecule has 0 spiro atoms. The highest BCUT2D eigenvalue weighted by Crippen LogP contribution is 2.27. The van der Waals surface area contributed by atoms with Crippen molar-refractivity contribution in [2.24, 2.45) is 0 Å². The predicted molar refractivity (Wildman–Crippen MR) is 127 cm³/mol. The smallest absolute Gasteiger partial charge is 0.320 e. The number of likely N-dealkylation sites (tertiary alicyclic amines) is 1. The monoisotopic (exact) mass is 449 g/mol. The van der Waals surface area contributed by atoms with E-state index in [-0.39, 0.29) is 18.6 Å². The first-order valence-electron chi connectivity index (χ1n) is 11.4. The number of rotatable bonds is 9. The third-order valence-electron chi connectivity index (χ3n) is 6.14. The number of pyridine rings is 1. The van der Waals surface area contributed by atoms with Gasteiger partial charge in [-0.05, 0) is 61.3 Å². The van der Waals surface area contributed by atoms with Gasteiger partial charge in [-0.1, -0.05) is 30.3 Å². The lowest BCUT2D eigenvalue weighted by Crippen LogP contribution is -2.45. The molecule has 0 amide bonds. The summed E-state index contributed by atoms with van der Waals surface area (Å²) in [5.74, 6) is 0.509. The van der Waals surface area contributed by atoms with Crippen molar-refractivity contribution in [3.05, 3.63) is 71.9 Å². The zero-order valence-electron chi connectivity index (χ0n) is 18.9. The first-order chi connectivity index (χ1) is 16.1. The van der Waals surface area contributed by atoms with Crippen LogP contribution in [0.15, 0.2) is 60.8 Å². The average Bonchev–Trinajstić information content (AvgIpc) is 2.87. The Hall–Kier alpha value is -3.00. The number of fused-ring (bicyclic) bond motifs is 1. The molecule has 3 aromatic rings. The number of ether oxygens (including phenoxy) is 2. The Labute approximate surface area is 194 Å². The zero-order valence-corrected chi connectivity index (χ0v) is 18.9. The number of nitrogens with zero attached hydrogens (tertiary/aromatic N) is 2. The van der Waals surface area contributed by atoms with E-state index in [1.54, 1.807) is 13.3 Å². The second kappa shape index (κ2) is 11.2. The van der Waals surface area contributed by atoms with E-state index in [2.05, 4.69) is 15.2 Å². The molecule has 0 saturated carbocycles. The molecule has 1 aliphatic rings. The largest absolute Gasteiger partial charge is 0.497 e. The maximum absolute atomic E-state index is 12.0. The van der Waals surface area contributed by atoms with Crippen LogP contribution in [0.5, 0.6) is 5.75 Å². The summed E-state index contributed by atoms with van der Waals surface area (Å²) in [6, 6.07) is 17.5. The molecule has 1 saturated heterocycles. The minimum atomic E-state index is -0.611. The number of esters is 1. The predicted octanol–water partition coefficient (Wildman–Crippen LogP) is 3.07. The number of methoxy groups -OCH3 is 1. The van der Waals surface area contributed by atoms with Crippen LogP contribution >= 0.6 is 0 Å². The highest BCUT2D eigenvalue weighted by molar-refractivity contribution is 5.83. The molecule has 0 bridgehead atoms. The van der Waals surface area contributed by atoms with Crippen LogP contribution in [0.4, 0.5) is 0 Å². The number of aromatic nitrogens is 1. The summed E-state index contributed by atoms with van der Waals surface area (Å²) in [7, 11) is 1.63. The average molecular weight is 450 g/mol. The van der Waals surface area contributed by atoms with Gasteiger partial charge in [-0.3, -0.25) is 9.78 Å². The number of hydrogen-bond donors (Lipinski definition) is 2. The molecular weight excluding hydrogens is 418 g/mol. The first-order valence-corrected chi connectivity index (χ1v) is 11.4. The summed E-state index contributed by atoms with van der Waals surface area (Å²) >= 11 is 0. The number of aliphatic hydroxyl groups is 1. The zero-order chi connectivity index (χ0) is 23.0. The van der Waals surface area contributed by atoms with Gasteiger partial charge >= 0.3 is 5.97 Å². The number of carbonyl (C=O) groups excluding carboxylic acids is 1. The molecule has 1 fully saturated rings.